The van der Waals surface area contributed by atoms with Crippen LogP contribution in [-0.4, -0.2) is 45.6 Å². The van der Waals surface area contributed by atoms with Crippen molar-refractivity contribution in [3.05, 3.63) is 58.9 Å². The van der Waals surface area contributed by atoms with Gasteiger partial charge in [-0.2, -0.15) is 4.99 Å². The van der Waals surface area contributed by atoms with E-state index in [0.29, 0.717) is 44.8 Å². The molecule has 0 unspecified atom stereocenters. The average molecular weight is 419 g/mol. The number of aromatic hydroxyl groups is 1. The first-order valence-electron chi connectivity index (χ1n) is 10.8. The Bertz CT molecular complexity index is 1110. The highest BCUT2D eigenvalue weighted by Gasteiger charge is 2.54. The minimum absolute atomic E-state index is 0.152. The molecule has 6 rings (SSSR count). The Morgan fingerprint density at radius 3 is 2.42 bits per heavy atom. The van der Waals surface area contributed by atoms with Crippen molar-refractivity contribution in [2.24, 2.45) is 4.99 Å². The van der Waals surface area contributed by atoms with Crippen molar-refractivity contribution in [3.8, 4) is 5.75 Å². The fraction of sp³-hybridized carbons (Fsp3) is 0.458. The summed E-state index contributed by atoms with van der Waals surface area (Å²) in [6.07, 6.45) is 4.03. The van der Waals surface area contributed by atoms with E-state index in [9.17, 15) is 9.90 Å². The van der Waals surface area contributed by atoms with Crippen LogP contribution in [0.15, 0.2) is 41.5 Å². The van der Waals surface area contributed by atoms with Crippen molar-refractivity contribution in [1.29, 1.82) is 0 Å². The lowest BCUT2D eigenvalue weighted by atomic mass is 9.84. The number of amides is 1. The number of benzene rings is 1. The third-order valence-corrected chi connectivity index (χ3v) is 7.17. The predicted molar refractivity (Wildman–Crippen MR) is 113 cm³/mol. The lowest BCUT2D eigenvalue weighted by molar-refractivity contribution is -0.148. The minimum Gasteiger partial charge on any atom is -0.506 e. The summed E-state index contributed by atoms with van der Waals surface area (Å²) in [4.78, 5) is 23.7. The molecule has 2 spiro atoms. The van der Waals surface area contributed by atoms with Crippen LogP contribution in [0.25, 0.3) is 0 Å². The van der Waals surface area contributed by atoms with E-state index in [1.807, 2.05) is 30.9 Å². The summed E-state index contributed by atoms with van der Waals surface area (Å²) in [7, 11) is 0. The second kappa shape index (κ2) is 6.07. The number of nitrogens with zero attached hydrogens (tertiary/aromatic N) is 3. The zero-order valence-corrected chi connectivity index (χ0v) is 17.7. The highest BCUT2D eigenvalue weighted by atomic mass is 16.5. The molecule has 2 aromatic rings. The smallest absolute Gasteiger partial charge is 0.296 e. The van der Waals surface area contributed by atoms with Crippen LogP contribution < -0.4 is 0 Å². The molecule has 0 saturated carbocycles. The Hall–Kier alpha value is -2.93. The zero-order chi connectivity index (χ0) is 21.4. The molecule has 0 radical (unpaired) electrons. The number of aliphatic imine (C=N–C) groups is 1. The van der Waals surface area contributed by atoms with Gasteiger partial charge in [-0.15, -0.1) is 0 Å². The lowest BCUT2D eigenvalue weighted by Crippen LogP contribution is -2.47. The Kier molecular flexibility index (Phi) is 3.68. The minimum atomic E-state index is -0.887. The molecule has 0 bridgehead atoms. The molecule has 1 fully saturated rings. The lowest BCUT2D eigenvalue weighted by Gasteiger charge is -2.41. The third-order valence-electron chi connectivity index (χ3n) is 7.17. The second-order valence-electron chi connectivity index (χ2n) is 9.60. The molecular formula is C24H25N3O4. The molecule has 7 heteroatoms. The average Bonchev–Trinajstić information content (AvgIpc) is 3.33. The molecule has 31 heavy (non-hydrogen) atoms. The van der Waals surface area contributed by atoms with Gasteiger partial charge in [0.05, 0.1) is 17.5 Å². The number of likely N-dealkylation sites (tertiary alicyclic amines) is 1. The van der Waals surface area contributed by atoms with Gasteiger partial charge in [-0.3, -0.25) is 9.78 Å². The molecule has 7 nitrogen and oxygen atoms in total. The maximum atomic E-state index is 12.9. The Morgan fingerprint density at radius 1 is 1.06 bits per heavy atom. The molecule has 1 aromatic carbocycles. The van der Waals surface area contributed by atoms with Gasteiger partial charge in [-0.05, 0) is 43.9 Å². The highest BCUT2D eigenvalue weighted by molar-refractivity contribution is 6.02. The molecule has 1 amide bonds. The Labute approximate surface area is 180 Å². The van der Waals surface area contributed by atoms with E-state index in [1.165, 1.54) is 6.20 Å². The van der Waals surface area contributed by atoms with E-state index in [2.05, 4.69) is 22.1 Å². The number of piperidine rings is 1. The first-order valence-corrected chi connectivity index (χ1v) is 10.8. The van der Waals surface area contributed by atoms with E-state index in [-0.39, 0.29) is 11.7 Å². The van der Waals surface area contributed by atoms with Gasteiger partial charge in [0, 0.05) is 31.5 Å². The van der Waals surface area contributed by atoms with Crippen molar-refractivity contribution < 1.29 is 19.4 Å². The number of aromatic nitrogens is 1. The first kappa shape index (κ1) is 18.8. The van der Waals surface area contributed by atoms with Crippen LogP contribution in [0, 0.1) is 0 Å². The standard InChI is InChI=1S/C24H25N3O4/c1-22(2)19-18(11-17(28)14-25-19)23(31-22)7-9-27(10-8-23)21-26-20(29)24(30-21)12-15-5-3-4-6-16(15)13-24/h3-6,11,14,28H,7-10,12-13H2,1-2H3. The number of carbonyl (C=O) groups excluding carboxylic acids is 1. The molecule has 1 aromatic heterocycles. The quantitative estimate of drug-likeness (QED) is 0.707. The van der Waals surface area contributed by atoms with Crippen molar-refractivity contribution in [2.45, 2.75) is 56.3 Å². The third kappa shape index (κ3) is 2.65. The summed E-state index contributed by atoms with van der Waals surface area (Å²) in [5.74, 6) is -0.0320. The van der Waals surface area contributed by atoms with Gasteiger partial charge in [-0.1, -0.05) is 24.3 Å². The molecule has 1 aliphatic carbocycles. The predicted octanol–water partition coefficient (Wildman–Crippen LogP) is 2.79. The Morgan fingerprint density at radius 2 is 1.74 bits per heavy atom. The molecule has 0 atom stereocenters. The number of rotatable bonds is 0. The Balaban J connectivity index is 1.21. The normalized spacial score (nSPS) is 24.3. The van der Waals surface area contributed by atoms with E-state index in [4.69, 9.17) is 9.47 Å². The number of fused-ring (bicyclic) bond motifs is 3. The maximum absolute atomic E-state index is 12.9. The van der Waals surface area contributed by atoms with E-state index >= 15 is 0 Å². The van der Waals surface area contributed by atoms with Gasteiger partial charge in [0.25, 0.3) is 11.9 Å². The van der Waals surface area contributed by atoms with E-state index in [0.717, 1.165) is 22.4 Å². The highest BCUT2D eigenvalue weighted by Crippen LogP contribution is 2.52. The number of hydrogen-bond acceptors (Lipinski definition) is 6. The van der Waals surface area contributed by atoms with Gasteiger partial charge in [-0.25, -0.2) is 0 Å². The van der Waals surface area contributed by atoms with E-state index < -0.39 is 16.8 Å². The van der Waals surface area contributed by atoms with Gasteiger partial charge in [0.2, 0.25) is 5.60 Å². The number of pyridine rings is 1. The molecule has 4 aliphatic rings. The fourth-order valence-corrected chi connectivity index (χ4v) is 5.67. The number of amidine groups is 1. The maximum Gasteiger partial charge on any atom is 0.296 e. The van der Waals surface area contributed by atoms with Gasteiger partial charge >= 0.3 is 0 Å². The SMILES string of the molecule is CC1(C)OC2(CCN(C3=NC(=O)C4(Cc5ccccc5C4)O3)CC2)c2cc(O)cnc21. The molecule has 3 aliphatic heterocycles. The summed E-state index contributed by atoms with van der Waals surface area (Å²) >= 11 is 0. The molecule has 1 N–H and O–H groups in total. The van der Waals surface area contributed by atoms with Crippen LogP contribution in [0.1, 0.15) is 49.1 Å². The van der Waals surface area contributed by atoms with Crippen LogP contribution in [0.5, 0.6) is 5.75 Å². The largest absolute Gasteiger partial charge is 0.506 e. The van der Waals surface area contributed by atoms with Crippen molar-refractivity contribution in [1.82, 2.24) is 9.88 Å². The van der Waals surface area contributed by atoms with E-state index in [1.54, 1.807) is 6.07 Å². The summed E-state index contributed by atoms with van der Waals surface area (Å²) in [5.41, 5.74) is 2.28. The van der Waals surface area contributed by atoms with Gasteiger partial charge in [0.1, 0.15) is 11.4 Å². The first-order chi connectivity index (χ1) is 14.8. The van der Waals surface area contributed by atoms with Crippen LogP contribution in [0.4, 0.5) is 0 Å². The molecule has 4 heterocycles. The molecular weight excluding hydrogens is 394 g/mol. The van der Waals surface area contributed by atoms with Crippen LogP contribution in [-0.2, 0) is 38.3 Å². The number of hydrogen-bond donors (Lipinski definition) is 1. The summed E-state index contributed by atoms with van der Waals surface area (Å²) < 4.78 is 12.8. The summed E-state index contributed by atoms with van der Waals surface area (Å²) in [6, 6.07) is 10.3. The topological polar surface area (TPSA) is 84.2 Å². The fourth-order valence-electron chi connectivity index (χ4n) is 5.67. The number of ether oxygens (including phenoxy) is 2. The van der Waals surface area contributed by atoms with Gasteiger partial charge < -0.3 is 19.5 Å². The monoisotopic (exact) mass is 419 g/mol. The van der Waals surface area contributed by atoms with Crippen LogP contribution in [0.2, 0.25) is 0 Å². The summed E-state index contributed by atoms with van der Waals surface area (Å²) in [5, 5.41) is 10.0. The van der Waals surface area contributed by atoms with Crippen molar-refractivity contribution >= 4 is 11.9 Å². The van der Waals surface area contributed by atoms with Crippen LogP contribution >= 0.6 is 0 Å². The second-order valence-corrected chi connectivity index (χ2v) is 9.60. The zero-order valence-electron chi connectivity index (χ0n) is 17.7. The summed E-state index contributed by atoms with van der Waals surface area (Å²) in [6.45, 7) is 5.34. The van der Waals surface area contributed by atoms with Gasteiger partial charge in [0.15, 0.2) is 0 Å². The van der Waals surface area contributed by atoms with Crippen molar-refractivity contribution in [2.75, 3.05) is 13.1 Å². The van der Waals surface area contributed by atoms with Crippen molar-refractivity contribution in [3.63, 3.8) is 0 Å². The molecule has 160 valence electrons. The van der Waals surface area contributed by atoms with Crippen LogP contribution in [0.3, 0.4) is 0 Å². The number of carbonyl (C=O) groups is 1. The molecule has 1 saturated heterocycles.